The van der Waals surface area contributed by atoms with Gasteiger partial charge in [0.25, 0.3) is 0 Å². The molecule has 0 fully saturated rings. The molecule has 0 unspecified atom stereocenters. The zero-order valence-electron chi connectivity index (χ0n) is 15.1. The lowest BCUT2D eigenvalue weighted by atomic mass is 9.91. The monoisotopic (exact) mass is 333 g/mol. The molecule has 3 aromatic rings. The highest BCUT2D eigenvalue weighted by atomic mass is 16.1. The fourth-order valence-corrected chi connectivity index (χ4v) is 2.65. The molecule has 4 heteroatoms. The number of H-pyrrole nitrogens is 1. The van der Waals surface area contributed by atoms with Crippen LogP contribution in [0.25, 0.3) is 17.0 Å². The van der Waals surface area contributed by atoms with Gasteiger partial charge in [0.15, 0.2) is 0 Å². The molecule has 3 rings (SSSR count). The quantitative estimate of drug-likeness (QED) is 0.675. The molecule has 0 aliphatic rings. The van der Waals surface area contributed by atoms with Crippen LogP contribution in [0.4, 0.5) is 5.69 Å². The Labute approximate surface area is 148 Å². The zero-order chi connectivity index (χ0) is 18.0. The summed E-state index contributed by atoms with van der Waals surface area (Å²) in [7, 11) is 0. The van der Waals surface area contributed by atoms with Crippen molar-refractivity contribution in [1.82, 2.24) is 9.97 Å². The summed E-state index contributed by atoms with van der Waals surface area (Å²) in [5, 5.41) is 3.96. The highest BCUT2D eigenvalue weighted by Gasteiger charge is 2.15. The molecular weight excluding hydrogens is 310 g/mol. The van der Waals surface area contributed by atoms with Crippen LogP contribution in [0.15, 0.2) is 48.7 Å². The van der Waals surface area contributed by atoms with Gasteiger partial charge in [-0.3, -0.25) is 9.78 Å². The fourth-order valence-electron chi connectivity index (χ4n) is 2.65. The molecule has 0 radical (unpaired) electrons. The minimum absolute atomic E-state index is 0.0151. The third-order valence-electron chi connectivity index (χ3n) is 4.13. The maximum atomic E-state index is 12.2. The van der Waals surface area contributed by atoms with Crippen LogP contribution in [0.2, 0.25) is 0 Å². The second kappa shape index (κ2) is 6.55. The molecule has 1 amide bonds. The van der Waals surface area contributed by atoms with Crippen LogP contribution in [-0.2, 0) is 10.2 Å². The van der Waals surface area contributed by atoms with E-state index in [0.29, 0.717) is 0 Å². The number of hydrogen-bond acceptors (Lipinski definition) is 2. The van der Waals surface area contributed by atoms with Crippen LogP contribution >= 0.6 is 0 Å². The Morgan fingerprint density at radius 2 is 1.96 bits per heavy atom. The molecule has 0 atom stereocenters. The number of amides is 1. The number of hydrogen-bond donors (Lipinski definition) is 2. The lowest BCUT2D eigenvalue weighted by molar-refractivity contribution is -0.111. The molecule has 0 aliphatic heterocycles. The Balaban J connectivity index is 1.71. The summed E-state index contributed by atoms with van der Waals surface area (Å²) in [6.45, 7) is 8.38. The smallest absolute Gasteiger partial charge is 0.248 e. The van der Waals surface area contributed by atoms with E-state index in [0.717, 1.165) is 33.5 Å². The first-order valence-electron chi connectivity index (χ1n) is 8.37. The predicted octanol–water partition coefficient (Wildman–Crippen LogP) is 4.82. The first-order chi connectivity index (χ1) is 11.8. The van der Waals surface area contributed by atoms with Crippen molar-refractivity contribution in [3.05, 3.63) is 65.6 Å². The number of nitrogens with one attached hydrogen (secondary N) is 2. The molecule has 0 aliphatic carbocycles. The molecule has 128 valence electrons. The summed E-state index contributed by atoms with van der Waals surface area (Å²) in [5.41, 5.74) is 4.76. The Morgan fingerprint density at radius 1 is 1.16 bits per heavy atom. The molecule has 0 spiro atoms. The number of benzene rings is 1. The fraction of sp³-hybridized carbons (Fsp3) is 0.238. The molecule has 1 aromatic carbocycles. The third kappa shape index (κ3) is 3.97. The van der Waals surface area contributed by atoms with Crippen molar-refractivity contribution in [3.8, 4) is 0 Å². The van der Waals surface area contributed by atoms with Crippen molar-refractivity contribution in [2.45, 2.75) is 33.1 Å². The van der Waals surface area contributed by atoms with Crippen LogP contribution in [-0.4, -0.2) is 15.9 Å². The van der Waals surface area contributed by atoms with Gasteiger partial charge in [0, 0.05) is 45.7 Å². The van der Waals surface area contributed by atoms with E-state index in [2.05, 4.69) is 36.1 Å². The van der Waals surface area contributed by atoms with E-state index in [1.807, 2.05) is 49.5 Å². The molecule has 2 N–H and O–H groups in total. The number of rotatable bonds is 3. The summed E-state index contributed by atoms with van der Waals surface area (Å²) >= 11 is 0. The first kappa shape index (κ1) is 17.0. The largest absolute Gasteiger partial charge is 0.361 e. The van der Waals surface area contributed by atoms with E-state index >= 15 is 0 Å². The minimum atomic E-state index is -0.158. The number of aryl methyl sites for hydroxylation is 1. The molecule has 0 bridgehead atoms. The van der Waals surface area contributed by atoms with Gasteiger partial charge in [-0.1, -0.05) is 26.8 Å². The molecule has 2 heterocycles. The summed E-state index contributed by atoms with van der Waals surface area (Å²) in [4.78, 5) is 20.0. The minimum Gasteiger partial charge on any atom is -0.361 e. The van der Waals surface area contributed by atoms with Gasteiger partial charge in [0.05, 0.1) is 0 Å². The van der Waals surface area contributed by atoms with Gasteiger partial charge in [-0.25, -0.2) is 0 Å². The maximum Gasteiger partial charge on any atom is 0.248 e. The summed E-state index contributed by atoms with van der Waals surface area (Å²) < 4.78 is 0. The van der Waals surface area contributed by atoms with E-state index in [1.165, 1.54) is 0 Å². The lowest BCUT2D eigenvalue weighted by Crippen LogP contribution is -2.14. The van der Waals surface area contributed by atoms with E-state index in [4.69, 9.17) is 0 Å². The number of nitrogens with zero attached hydrogens (tertiary/aromatic N) is 1. The molecule has 0 saturated heterocycles. The van der Waals surface area contributed by atoms with Crippen molar-refractivity contribution in [2.24, 2.45) is 0 Å². The van der Waals surface area contributed by atoms with Crippen molar-refractivity contribution in [2.75, 3.05) is 5.32 Å². The van der Waals surface area contributed by atoms with Crippen LogP contribution in [0.3, 0.4) is 0 Å². The summed E-state index contributed by atoms with van der Waals surface area (Å²) in [5.74, 6) is -0.158. The number of fused-ring (bicyclic) bond motifs is 1. The average Bonchev–Trinajstić information content (AvgIpc) is 3.00. The van der Waals surface area contributed by atoms with Gasteiger partial charge in [0.1, 0.15) is 0 Å². The Hall–Kier alpha value is -2.88. The Bertz CT molecular complexity index is 945. The van der Waals surface area contributed by atoms with Gasteiger partial charge in [-0.05, 0) is 48.9 Å². The highest BCUT2D eigenvalue weighted by molar-refractivity contribution is 6.03. The van der Waals surface area contributed by atoms with Crippen LogP contribution in [0, 0.1) is 6.92 Å². The lowest BCUT2D eigenvalue weighted by Gasteiger charge is -2.18. The standard InChI is InChI=1S/C21H23N3O/c1-14-15(5-9-19(23-14)21(2,3)4)6-10-20(25)24-17-7-8-18-16(13-17)11-12-22-18/h5-13,22H,1-4H3,(H,24,25)/b10-6+. The number of anilines is 1. The zero-order valence-corrected chi connectivity index (χ0v) is 15.1. The molecule has 0 saturated carbocycles. The van der Waals surface area contributed by atoms with Crippen LogP contribution in [0.5, 0.6) is 0 Å². The van der Waals surface area contributed by atoms with Crippen LogP contribution < -0.4 is 5.32 Å². The number of aromatic nitrogens is 2. The van der Waals surface area contributed by atoms with Gasteiger partial charge >= 0.3 is 0 Å². The average molecular weight is 333 g/mol. The molecule has 4 nitrogen and oxygen atoms in total. The maximum absolute atomic E-state index is 12.2. The van der Waals surface area contributed by atoms with Crippen molar-refractivity contribution in [3.63, 3.8) is 0 Å². The molecule has 2 aromatic heterocycles. The van der Waals surface area contributed by atoms with Gasteiger partial charge in [0.2, 0.25) is 5.91 Å². The first-order valence-corrected chi connectivity index (χ1v) is 8.37. The van der Waals surface area contributed by atoms with Gasteiger partial charge in [-0.2, -0.15) is 0 Å². The van der Waals surface area contributed by atoms with Crippen molar-refractivity contribution >= 4 is 28.6 Å². The Kier molecular flexibility index (Phi) is 4.45. The SMILES string of the molecule is Cc1nc(C(C)(C)C)ccc1/C=C/C(=O)Nc1ccc2[nH]ccc2c1. The van der Waals surface area contributed by atoms with E-state index in [-0.39, 0.29) is 11.3 Å². The highest BCUT2D eigenvalue weighted by Crippen LogP contribution is 2.22. The number of pyridine rings is 1. The molecule has 25 heavy (non-hydrogen) atoms. The predicted molar refractivity (Wildman–Crippen MR) is 104 cm³/mol. The topological polar surface area (TPSA) is 57.8 Å². The number of carbonyl (C=O) groups is 1. The van der Waals surface area contributed by atoms with E-state index in [1.54, 1.807) is 12.2 Å². The van der Waals surface area contributed by atoms with Crippen molar-refractivity contribution < 1.29 is 4.79 Å². The third-order valence-corrected chi connectivity index (χ3v) is 4.13. The summed E-state index contributed by atoms with van der Waals surface area (Å²) in [6, 6.07) is 11.8. The summed E-state index contributed by atoms with van der Waals surface area (Å²) in [6.07, 6.45) is 5.23. The second-order valence-electron chi connectivity index (χ2n) is 7.22. The second-order valence-corrected chi connectivity index (χ2v) is 7.22. The normalized spacial score (nSPS) is 12.0. The number of aromatic amines is 1. The number of carbonyl (C=O) groups excluding carboxylic acids is 1. The molecular formula is C21H23N3O. The van der Waals surface area contributed by atoms with E-state index < -0.39 is 0 Å². The van der Waals surface area contributed by atoms with Gasteiger partial charge in [-0.15, -0.1) is 0 Å². The van der Waals surface area contributed by atoms with Gasteiger partial charge < -0.3 is 10.3 Å². The van der Waals surface area contributed by atoms with E-state index in [9.17, 15) is 4.79 Å². The Morgan fingerprint density at radius 3 is 2.68 bits per heavy atom. The van der Waals surface area contributed by atoms with Crippen LogP contribution in [0.1, 0.15) is 37.7 Å². The van der Waals surface area contributed by atoms with Crippen molar-refractivity contribution in [1.29, 1.82) is 0 Å².